The zero-order valence-corrected chi connectivity index (χ0v) is 19.9. The quantitative estimate of drug-likeness (QED) is 0.376. The summed E-state index contributed by atoms with van der Waals surface area (Å²) < 4.78 is 2.14. The highest BCUT2D eigenvalue weighted by Crippen LogP contribution is 2.44. The largest absolute Gasteiger partial charge is 0.289 e. The average molecular weight is 514 g/mol. The molecule has 0 spiro atoms. The number of rotatable bonds is 4. The number of allylic oxidation sites excluding steroid dienone is 2. The third kappa shape index (κ3) is 4.67. The fraction of sp³-hybridized carbons (Fsp3) is 0.381. The molecule has 0 saturated heterocycles. The van der Waals surface area contributed by atoms with Gasteiger partial charge in [0.2, 0.25) is 0 Å². The third-order valence-electron chi connectivity index (χ3n) is 5.34. The molecule has 0 aliphatic heterocycles. The van der Waals surface area contributed by atoms with Gasteiger partial charge in [0.15, 0.2) is 5.78 Å². The Labute approximate surface area is 180 Å². The molecule has 5 heteroatoms. The van der Waals surface area contributed by atoms with Crippen LogP contribution in [0.3, 0.4) is 0 Å². The Kier molecular flexibility index (Phi) is 6.43. The lowest BCUT2D eigenvalue weighted by atomic mass is 9.66. The van der Waals surface area contributed by atoms with E-state index in [0.717, 1.165) is 49.1 Å². The second-order valence-corrected chi connectivity index (χ2v) is 11.2. The lowest BCUT2D eigenvalue weighted by molar-refractivity contribution is -0.113. The van der Waals surface area contributed by atoms with Crippen molar-refractivity contribution < 1.29 is 4.79 Å². The highest BCUT2D eigenvalue weighted by Gasteiger charge is 2.36. The lowest BCUT2D eigenvalue weighted by Gasteiger charge is -2.37. The Morgan fingerprint density at radius 1 is 1.04 bits per heavy atom. The number of carbonyl (C=O) groups is 1. The molecule has 0 aromatic carbocycles. The van der Waals surface area contributed by atoms with Gasteiger partial charge >= 0.3 is 0 Å². The Bertz CT molecular complexity index is 808. The number of hydrogen-bond donors (Lipinski definition) is 0. The summed E-state index contributed by atoms with van der Waals surface area (Å²) in [5, 5.41) is 4.13. The molecule has 1 aliphatic rings. The second-order valence-electron chi connectivity index (χ2n) is 7.45. The van der Waals surface area contributed by atoms with Crippen LogP contribution in [0.2, 0.25) is 0 Å². The first-order valence-electron chi connectivity index (χ1n) is 8.72. The predicted molar refractivity (Wildman–Crippen MR) is 122 cm³/mol. The van der Waals surface area contributed by atoms with Crippen molar-refractivity contribution in [2.45, 2.75) is 40.0 Å². The van der Waals surface area contributed by atoms with Crippen LogP contribution in [0.25, 0.3) is 12.2 Å². The summed E-state index contributed by atoms with van der Waals surface area (Å²) >= 11 is 10.4. The van der Waals surface area contributed by atoms with Gasteiger partial charge < -0.3 is 0 Å². The molecule has 2 aromatic rings. The first kappa shape index (κ1) is 20.2. The maximum atomic E-state index is 13.2. The van der Waals surface area contributed by atoms with Crippen molar-refractivity contribution in [2.24, 2.45) is 11.3 Å². The standard InChI is InChI=1S/C21H22Br2OS2/c1-4-21(2,3)15-5-13(7-18-9-16(22)11-25-18)20(24)14(6-15)8-19-10-17(23)12-26-19/h7-12,15H,4-6H2,1-3H3/b13-7+,14-8+. The summed E-state index contributed by atoms with van der Waals surface area (Å²) in [4.78, 5) is 15.4. The molecule has 0 radical (unpaired) electrons. The number of Topliss-reactive ketones (excluding diaryl/α,β-unsaturated/α-hetero) is 1. The summed E-state index contributed by atoms with van der Waals surface area (Å²) in [6.45, 7) is 6.90. The molecule has 2 heterocycles. The van der Waals surface area contributed by atoms with E-state index in [1.165, 1.54) is 0 Å². The fourth-order valence-corrected chi connectivity index (χ4v) is 6.04. The van der Waals surface area contributed by atoms with Gasteiger partial charge in [-0.05, 0) is 80.3 Å². The van der Waals surface area contributed by atoms with Crippen LogP contribution < -0.4 is 0 Å². The number of ketones is 1. The Hall–Kier alpha value is -0.490. The SMILES string of the molecule is CCC(C)(C)C1C/C(=C\c2cc(Br)cs2)C(=O)/C(=C/c2cc(Br)cs2)C1. The topological polar surface area (TPSA) is 17.1 Å². The van der Waals surface area contributed by atoms with Crippen molar-refractivity contribution in [3.05, 3.63) is 52.7 Å². The fourth-order valence-electron chi connectivity index (χ4n) is 3.24. The maximum Gasteiger partial charge on any atom is 0.185 e. The van der Waals surface area contributed by atoms with Crippen molar-refractivity contribution >= 4 is 72.5 Å². The normalized spacial score (nSPS) is 21.7. The number of thiophene rings is 2. The van der Waals surface area contributed by atoms with E-state index in [2.05, 4.69) is 87.7 Å². The van der Waals surface area contributed by atoms with Crippen LogP contribution in [-0.2, 0) is 4.79 Å². The Balaban J connectivity index is 1.99. The average Bonchev–Trinajstić information content (AvgIpc) is 3.19. The molecule has 0 N–H and O–H groups in total. The van der Waals surface area contributed by atoms with Gasteiger partial charge in [-0.15, -0.1) is 22.7 Å². The molecule has 26 heavy (non-hydrogen) atoms. The number of halogens is 2. The van der Waals surface area contributed by atoms with Gasteiger partial charge in [0.1, 0.15) is 0 Å². The van der Waals surface area contributed by atoms with Crippen molar-refractivity contribution in [3.63, 3.8) is 0 Å². The van der Waals surface area contributed by atoms with Crippen molar-refractivity contribution in [2.75, 3.05) is 0 Å². The first-order valence-corrected chi connectivity index (χ1v) is 12.1. The number of hydrogen-bond acceptors (Lipinski definition) is 3. The van der Waals surface area contributed by atoms with E-state index >= 15 is 0 Å². The molecule has 1 fully saturated rings. The highest BCUT2D eigenvalue weighted by atomic mass is 79.9. The molecule has 1 saturated carbocycles. The van der Waals surface area contributed by atoms with Gasteiger partial charge in [-0.25, -0.2) is 0 Å². The van der Waals surface area contributed by atoms with Crippen LogP contribution in [-0.4, -0.2) is 5.78 Å². The first-order chi connectivity index (χ1) is 12.3. The molecule has 1 nitrogen and oxygen atoms in total. The summed E-state index contributed by atoms with van der Waals surface area (Å²) in [6.07, 6.45) is 7.02. The minimum absolute atomic E-state index is 0.210. The van der Waals surface area contributed by atoms with E-state index in [4.69, 9.17) is 0 Å². The second kappa shape index (κ2) is 8.26. The van der Waals surface area contributed by atoms with Gasteiger partial charge in [0.25, 0.3) is 0 Å². The summed E-state index contributed by atoms with van der Waals surface area (Å²) in [5.74, 6) is 0.691. The predicted octanol–water partition coefficient (Wildman–Crippen LogP) is 8.22. The van der Waals surface area contributed by atoms with Gasteiger partial charge in [0.05, 0.1) is 0 Å². The van der Waals surface area contributed by atoms with Gasteiger partial charge in [-0.2, -0.15) is 0 Å². The Morgan fingerprint density at radius 2 is 1.50 bits per heavy atom. The molecule has 0 unspecified atom stereocenters. The van der Waals surface area contributed by atoms with Gasteiger partial charge in [-0.3, -0.25) is 4.79 Å². The minimum atomic E-state index is 0.210. The van der Waals surface area contributed by atoms with Crippen LogP contribution in [0.4, 0.5) is 0 Å². The molecule has 1 aliphatic carbocycles. The van der Waals surface area contributed by atoms with Crippen molar-refractivity contribution in [1.82, 2.24) is 0 Å². The van der Waals surface area contributed by atoms with E-state index in [1.54, 1.807) is 22.7 Å². The monoisotopic (exact) mass is 512 g/mol. The zero-order chi connectivity index (χ0) is 18.9. The molecule has 2 aromatic heterocycles. The van der Waals surface area contributed by atoms with Gasteiger partial charge in [-0.1, -0.05) is 27.2 Å². The minimum Gasteiger partial charge on any atom is -0.289 e. The molecule has 3 rings (SSSR count). The molecule has 0 bridgehead atoms. The molecular weight excluding hydrogens is 492 g/mol. The highest BCUT2D eigenvalue weighted by molar-refractivity contribution is 9.10. The summed E-state index contributed by atoms with van der Waals surface area (Å²) in [7, 11) is 0. The van der Waals surface area contributed by atoms with Crippen LogP contribution >= 0.6 is 54.5 Å². The lowest BCUT2D eigenvalue weighted by Crippen LogP contribution is -2.30. The smallest absolute Gasteiger partial charge is 0.185 e. The van der Waals surface area contributed by atoms with E-state index in [9.17, 15) is 4.79 Å². The summed E-state index contributed by atoms with van der Waals surface area (Å²) in [6, 6.07) is 4.17. The summed E-state index contributed by atoms with van der Waals surface area (Å²) in [5.41, 5.74) is 2.10. The molecule has 0 atom stereocenters. The Morgan fingerprint density at radius 3 is 1.85 bits per heavy atom. The van der Waals surface area contributed by atoms with Crippen LogP contribution in [0.1, 0.15) is 49.8 Å². The van der Waals surface area contributed by atoms with Gasteiger partial charge in [0, 0.05) is 40.6 Å². The molecular formula is C21H22Br2OS2. The van der Waals surface area contributed by atoms with E-state index in [1.807, 2.05) is 0 Å². The van der Waals surface area contributed by atoms with Crippen molar-refractivity contribution in [1.29, 1.82) is 0 Å². The van der Waals surface area contributed by atoms with E-state index < -0.39 is 0 Å². The van der Waals surface area contributed by atoms with E-state index in [-0.39, 0.29) is 11.2 Å². The van der Waals surface area contributed by atoms with Crippen molar-refractivity contribution in [3.8, 4) is 0 Å². The molecule has 0 amide bonds. The third-order valence-corrected chi connectivity index (χ3v) is 8.62. The van der Waals surface area contributed by atoms with Crippen LogP contribution in [0, 0.1) is 11.3 Å². The number of carbonyl (C=O) groups excluding carboxylic acids is 1. The molecule has 138 valence electrons. The zero-order valence-electron chi connectivity index (χ0n) is 15.1. The maximum absolute atomic E-state index is 13.2. The van der Waals surface area contributed by atoms with Crippen LogP contribution in [0.5, 0.6) is 0 Å². The van der Waals surface area contributed by atoms with E-state index in [0.29, 0.717) is 5.92 Å². The van der Waals surface area contributed by atoms with Crippen LogP contribution in [0.15, 0.2) is 43.0 Å².